The van der Waals surface area contributed by atoms with E-state index < -0.39 is 17.1 Å². The summed E-state index contributed by atoms with van der Waals surface area (Å²) in [6.07, 6.45) is 0. The molecule has 2 aliphatic heterocycles. The first kappa shape index (κ1) is 26.8. The van der Waals surface area contributed by atoms with Gasteiger partial charge in [0.1, 0.15) is 11.0 Å². The van der Waals surface area contributed by atoms with Crippen LogP contribution >= 0.6 is 50.6 Å². The van der Waals surface area contributed by atoms with Crippen molar-refractivity contribution in [2.24, 2.45) is 5.92 Å². The van der Waals surface area contributed by atoms with Crippen LogP contribution in [0.5, 0.6) is 5.75 Å². The summed E-state index contributed by atoms with van der Waals surface area (Å²) in [4.78, 5) is 57.1. The third kappa shape index (κ3) is 4.98. The number of benzene rings is 3. The number of nitrogens with zero attached hydrogens (tertiary/aromatic N) is 1. The Morgan fingerprint density at radius 1 is 1.02 bits per heavy atom. The number of thiazole rings is 1. The Kier molecular flexibility index (Phi) is 7.30. The summed E-state index contributed by atoms with van der Waals surface area (Å²) in [5.41, 5.74) is 1.65. The standard InChI is InChI=1S/C28H19BrClN3O5S2/c29-14-6-11-19(38-13-20(34)31-16-4-2-1-3-5-16)18(12-14)21-22-24(39-25-23(21)40-28(37)32-25)27(36)33(26(22)35)17-9-7-15(30)8-10-17/h1-12,21-22,24H,13H2,(H,31,34)(H,32,37). The SMILES string of the molecule is O=C(COc1ccc(Br)cc1C1c2sc(=O)[nH]c2SC2C(=O)N(c3ccc(Cl)cc3)C(=O)C21)Nc1ccccc1. The minimum absolute atomic E-state index is 0.279. The molecule has 4 aromatic rings. The molecule has 2 N–H and O–H groups in total. The molecule has 2 aliphatic rings. The number of aromatic nitrogens is 1. The molecule has 3 amide bonds. The topological polar surface area (TPSA) is 109 Å². The van der Waals surface area contributed by atoms with Crippen LogP contribution in [0.2, 0.25) is 5.02 Å². The number of fused-ring (bicyclic) bond motifs is 2. The summed E-state index contributed by atoms with van der Waals surface area (Å²) in [5.74, 6) is -2.20. The minimum atomic E-state index is -0.804. The number of thioether (sulfide) groups is 1. The Labute approximate surface area is 249 Å². The third-order valence-electron chi connectivity index (χ3n) is 6.63. The number of rotatable bonds is 6. The molecule has 1 aromatic heterocycles. The number of halogens is 2. The lowest BCUT2D eigenvalue weighted by Gasteiger charge is -2.31. The van der Waals surface area contributed by atoms with Crippen molar-refractivity contribution in [2.75, 3.05) is 16.8 Å². The highest BCUT2D eigenvalue weighted by atomic mass is 79.9. The maximum atomic E-state index is 14.0. The van der Waals surface area contributed by atoms with Gasteiger partial charge in [-0.15, -0.1) is 0 Å². The van der Waals surface area contributed by atoms with Crippen LogP contribution < -0.4 is 19.8 Å². The fraction of sp³-hybridized carbons (Fsp3) is 0.143. The number of amides is 3. The molecule has 1 saturated heterocycles. The van der Waals surface area contributed by atoms with Gasteiger partial charge in [0.05, 0.1) is 16.6 Å². The molecule has 3 unspecified atom stereocenters. The molecule has 12 heteroatoms. The van der Waals surface area contributed by atoms with Crippen LogP contribution in [0, 0.1) is 5.92 Å². The van der Waals surface area contributed by atoms with Crippen molar-refractivity contribution in [1.82, 2.24) is 4.98 Å². The van der Waals surface area contributed by atoms with Gasteiger partial charge in [-0.25, -0.2) is 4.90 Å². The fourth-order valence-corrected chi connectivity index (χ4v) is 7.96. The van der Waals surface area contributed by atoms with Gasteiger partial charge in [0.25, 0.3) is 5.91 Å². The summed E-state index contributed by atoms with van der Waals surface area (Å²) < 4.78 is 6.71. The average Bonchev–Trinajstić information content (AvgIpc) is 3.43. The van der Waals surface area contributed by atoms with Crippen LogP contribution in [-0.2, 0) is 14.4 Å². The van der Waals surface area contributed by atoms with Crippen molar-refractivity contribution in [1.29, 1.82) is 0 Å². The first-order valence-corrected chi connectivity index (χ1v) is 15.0. The first-order valence-electron chi connectivity index (χ1n) is 12.1. The van der Waals surface area contributed by atoms with Crippen LogP contribution in [0.25, 0.3) is 0 Å². The number of ether oxygens (including phenoxy) is 1. The Morgan fingerprint density at radius 2 is 1.77 bits per heavy atom. The highest BCUT2D eigenvalue weighted by Crippen LogP contribution is 2.54. The molecule has 1 fully saturated rings. The van der Waals surface area contributed by atoms with Gasteiger partial charge in [0.15, 0.2) is 6.61 Å². The van der Waals surface area contributed by atoms with Crippen LogP contribution in [-0.4, -0.2) is 34.6 Å². The predicted octanol–water partition coefficient (Wildman–Crippen LogP) is 5.67. The smallest absolute Gasteiger partial charge is 0.305 e. The van der Waals surface area contributed by atoms with Gasteiger partial charge in [-0.05, 0) is 54.6 Å². The third-order valence-corrected chi connectivity index (χ3v) is 9.78. The molecule has 40 heavy (non-hydrogen) atoms. The summed E-state index contributed by atoms with van der Waals surface area (Å²) >= 11 is 11.7. The average molecular weight is 657 g/mol. The van der Waals surface area contributed by atoms with Gasteiger partial charge < -0.3 is 15.0 Å². The van der Waals surface area contributed by atoms with Gasteiger partial charge in [0.2, 0.25) is 11.8 Å². The zero-order valence-electron chi connectivity index (χ0n) is 20.4. The highest BCUT2D eigenvalue weighted by molar-refractivity contribution is 9.10. The van der Waals surface area contributed by atoms with Gasteiger partial charge >= 0.3 is 4.87 Å². The Balaban J connectivity index is 1.37. The summed E-state index contributed by atoms with van der Waals surface area (Å²) in [5, 5.41) is 3.05. The largest absolute Gasteiger partial charge is 0.483 e. The number of imide groups is 1. The summed E-state index contributed by atoms with van der Waals surface area (Å²) in [6, 6.07) is 20.8. The number of anilines is 2. The second-order valence-corrected chi connectivity index (χ2v) is 12.6. The first-order chi connectivity index (χ1) is 19.3. The maximum Gasteiger partial charge on any atom is 0.305 e. The molecule has 0 spiro atoms. The maximum absolute atomic E-state index is 14.0. The Hall–Kier alpha value is -3.38. The van der Waals surface area contributed by atoms with Crippen molar-refractivity contribution >= 4 is 79.7 Å². The number of aromatic amines is 1. The number of hydrogen-bond acceptors (Lipinski definition) is 7. The van der Waals surface area contributed by atoms with Crippen LogP contribution in [0.1, 0.15) is 16.4 Å². The lowest BCUT2D eigenvalue weighted by atomic mass is 9.82. The quantitative estimate of drug-likeness (QED) is 0.259. The van der Waals surface area contributed by atoms with Crippen LogP contribution in [0.4, 0.5) is 11.4 Å². The molecule has 3 heterocycles. The van der Waals surface area contributed by atoms with Crippen molar-refractivity contribution in [2.45, 2.75) is 16.2 Å². The van der Waals surface area contributed by atoms with Crippen LogP contribution in [0.15, 0.2) is 87.1 Å². The van der Waals surface area contributed by atoms with Crippen molar-refractivity contribution in [3.8, 4) is 5.75 Å². The fourth-order valence-electron chi connectivity index (χ4n) is 4.95. The second kappa shape index (κ2) is 10.9. The molecule has 8 nitrogen and oxygen atoms in total. The van der Waals surface area contributed by atoms with Gasteiger partial charge in [0, 0.05) is 31.5 Å². The normalized spacial score (nSPS) is 19.8. The van der Waals surface area contributed by atoms with E-state index in [2.05, 4.69) is 26.2 Å². The molecule has 6 rings (SSSR count). The van der Waals surface area contributed by atoms with Gasteiger partial charge in [-0.1, -0.05) is 68.8 Å². The molecule has 0 aliphatic carbocycles. The number of para-hydroxylation sites is 1. The molecular formula is C28H19BrClN3O5S2. The molecule has 202 valence electrons. The molecule has 0 radical (unpaired) electrons. The van der Waals surface area contributed by atoms with E-state index in [1.807, 2.05) is 18.2 Å². The van der Waals surface area contributed by atoms with Gasteiger partial charge in [-0.2, -0.15) is 0 Å². The highest BCUT2D eigenvalue weighted by Gasteiger charge is 2.56. The monoisotopic (exact) mass is 655 g/mol. The van der Waals surface area contributed by atoms with Crippen molar-refractivity contribution in [3.63, 3.8) is 0 Å². The summed E-state index contributed by atoms with van der Waals surface area (Å²) in [6.45, 7) is -0.279. The molecule has 0 saturated carbocycles. The number of carbonyl (C=O) groups excluding carboxylic acids is 3. The molecule has 0 bridgehead atoms. The van der Waals surface area contributed by atoms with E-state index in [0.717, 1.165) is 11.3 Å². The lowest BCUT2D eigenvalue weighted by Crippen LogP contribution is -2.32. The number of H-pyrrole nitrogens is 1. The Bertz CT molecular complexity index is 1690. The second-order valence-electron chi connectivity index (χ2n) is 9.12. The molecular weight excluding hydrogens is 638 g/mol. The van der Waals surface area contributed by atoms with E-state index in [0.29, 0.717) is 42.1 Å². The molecule has 3 atom stereocenters. The van der Waals surface area contributed by atoms with Crippen molar-refractivity contribution in [3.05, 3.63) is 102 Å². The zero-order valence-corrected chi connectivity index (χ0v) is 24.4. The predicted molar refractivity (Wildman–Crippen MR) is 159 cm³/mol. The number of nitrogens with one attached hydrogen (secondary N) is 2. The van der Waals surface area contributed by atoms with E-state index in [4.69, 9.17) is 16.3 Å². The lowest BCUT2D eigenvalue weighted by molar-refractivity contribution is -0.122. The number of carbonyl (C=O) groups is 3. The van der Waals surface area contributed by atoms with E-state index in [1.165, 1.54) is 16.7 Å². The van der Waals surface area contributed by atoms with Crippen molar-refractivity contribution < 1.29 is 19.1 Å². The van der Waals surface area contributed by atoms with E-state index in [9.17, 15) is 19.2 Å². The summed E-state index contributed by atoms with van der Waals surface area (Å²) in [7, 11) is 0. The Morgan fingerprint density at radius 3 is 2.52 bits per heavy atom. The van der Waals surface area contributed by atoms with E-state index >= 15 is 0 Å². The molecule has 3 aromatic carbocycles. The zero-order chi connectivity index (χ0) is 28.0. The number of hydrogen-bond donors (Lipinski definition) is 2. The van der Waals surface area contributed by atoms with Gasteiger partial charge in [-0.3, -0.25) is 19.2 Å². The van der Waals surface area contributed by atoms with E-state index in [-0.39, 0.29) is 29.2 Å². The minimum Gasteiger partial charge on any atom is -0.483 e. The van der Waals surface area contributed by atoms with Crippen LogP contribution in [0.3, 0.4) is 0 Å². The van der Waals surface area contributed by atoms with E-state index in [1.54, 1.807) is 54.6 Å².